The summed E-state index contributed by atoms with van der Waals surface area (Å²) >= 11 is 0. The zero-order valence-electron chi connectivity index (χ0n) is 17.1. The number of nitrogens with zero attached hydrogens (tertiary/aromatic N) is 1. The Hall–Kier alpha value is -3.34. The van der Waals surface area contributed by atoms with Crippen molar-refractivity contribution in [2.45, 2.75) is 33.6 Å². The van der Waals surface area contributed by atoms with Gasteiger partial charge in [0.25, 0.3) is 5.91 Å². The molecule has 0 unspecified atom stereocenters. The van der Waals surface area contributed by atoms with Crippen molar-refractivity contribution < 1.29 is 14.3 Å². The Morgan fingerprint density at radius 1 is 0.966 bits per heavy atom. The zero-order chi connectivity index (χ0) is 20.6. The molecule has 0 atom stereocenters. The monoisotopic (exact) mass is 390 g/mol. The first-order valence-electron chi connectivity index (χ1n) is 9.88. The molecule has 5 nitrogen and oxygen atoms in total. The normalized spacial score (nSPS) is 10.4. The van der Waals surface area contributed by atoms with Crippen LogP contribution in [0.5, 0.6) is 17.2 Å². The molecule has 0 fully saturated rings. The van der Waals surface area contributed by atoms with E-state index < -0.39 is 0 Å². The Kier molecular flexibility index (Phi) is 6.85. The summed E-state index contributed by atoms with van der Waals surface area (Å²) in [7, 11) is 0. The maximum Gasteiger partial charge on any atom is 0.257 e. The SMILES string of the molecule is CCCc1ccc(C(=O)Nc2ccc(Oc3ccccc3OCC)cc2)c(C)n1. The van der Waals surface area contributed by atoms with Crippen LogP contribution in [0.1, 0.15) is 42.0 Å². The summed E-state index contributed by atoms with van der Waals surface area (Å²) in [6.45, 7) is 6.48. The molecule has 0 radical (unpaired) electrons. The van der Waals surface area contributed by atoms with Gasteiger partial charge in [-0.2, -0.15) is 0 Å². The van der Waals surface area contributed by atoms with Crippen LogP contribution in [0.15, 0.2) is 60.7 Å². The van der Waals surface area contributed by atoms with Gasteiger partial charge in [0.15, 0.2) is 11.5 Å². The second kappa shape index (κ2) is 9.73. The lowest BCUT2D eigenvalue weighted by Gasteiger charge is -2.12. The molecule has 0 bridgehead atoms. The molecule has 1 aromatic heterocycles. The molecule has 3 aromatic rings. The quantitative estimate of drug-likeness (QED) is 0.529. The molecule has 29 heavy (non-hydrogen) atoms. The fourth-order valence-corrected chi connectivity index (χ4v) is 2.99. The minimum Gasteiger partial charge on any atom is -0.490 e. The number of benzene rings is 2. The number of aromatic nitrogens is 1. The predicted molar refractivity (Wildman–Crippen MR) is 115 cm³/mol. The van der Waals surface area contributed by atoms with Gasteiger partial charge in [-0.3, -0.25) is 9.78 Å². The van der Waals surface area contributed by atoms with Gasteiger partial charge in [0, 0.05) is 11.4 Å². The van der Waals surface area contributed by atoms with E-state index in [1.54, 1.807) is 0 Å². The minimum absolute atomic E-state index is 0.173. The lowest BCUT2D eigenvalue weighted by atomic mass is 10.1. The third-order valence-electron chi connectivity index (χ3n) is 4.38. The highest BCUT2D eigenvalue weighted by atomic mass is 16.5. The van der Waals surface area contributed by atoms with Gasteiger partial charge in [-0.15, -0.1) is 0 Å². The van der Waals surface area contributed by atoms with Crippen molar-refractivity contribution in [2.24, 2.45) is 0 Å². The van der Waals surface area contributed by atoms with Crippen LogP contribution in [-0.2, 0) is 6.42 Å². The number of amides is 1. The van der Waals surface area contributed by atoms with Gasteiger partial charge in [0.05, 0.1) is 17.9 Å². The van der Waals surface area contributed by atoms with E-state index in [-0.39, 0.29) is 5.91 Å². The molecule has 1 heterocycles. The number of hydrogen-bond donors (Lipinski definition) is 1. The second-order valence-electron chi connectivity index (χ2n) is 6.65. The van der Waals surface area contributed by atoms with Crippen molar-refractivity contribution in [3.05, 3.63) is 77.6 Å². The minimum atomic E-state index is -0.173. The third-order valence-corrected chi connectivity index (χ3v) is 4.38. The molecule has 0 aliphatic rings. The van der Waals surface area contributed by atoms with Crippen LogP contribution in [0, 0.1) is 6.92 Å². The van der Waals surface area contributed by atoms with E-state index in [9.17, 15) is 4.79 Å². The molecule has 2 aromatic carbocycles. The Morgan fingerprint density at radius 3 is 2.34 bits per heavy atom. The van der Waals surface area contributed by atoms with Gasteiger partial charge < -0.3 is 14.8 Å². The Morgan fingerprint density at radius 2 is 1.69 bits per heavy atom. The van der Waals surface area contributed by atoms with Crippen LogP contribution in [0.25, 0.3) is 0 Å². The van der Waals surface area contributed by atoms with E-state index in [1.807, 2.05) is 74.5 Å². The number of carbonyl (C=O) groups is 1. The van der Waals surface area contributed by atoms with Crippen molar-refractivity contribution in [2.75, 3.05) is 11.9 Å². The molecule has 150 valence electrons. The highest BCUT2D eigenvalue weighted by Crippen LogP contribution is 2.31. The van der Waals surface area contributed by atoms with Gasteiger partial charge in [-0.1, -0.05) is 25.5 Å². The van der Waals surface area contributed by atoms with Crippen LogP contribution < -0.4 is 14.8 Å². The third kappa shape index (κ3) is 5.35. The van der Waals surface area contributed by atoms with Crippen LogP contribution in [0.2, 0.25) is 0 Å². The zero-order valence-corrected chi connectivity index (χ0v) is 17.1. The first-order valence-corrected chi connectivity index (χ1v) is 9.88. The summed E-state index contributed by atoms with van der Waals surface area (Å²) in [5.41, 5.74) is 3.02. The molecule has 0 spiro atoms. The van der Waals surface area contributed by atoms with Crippen LogP contribution >= 0.6 is 0 Å². The van der Waals surface area contributed by atoms with Crippen LogP contribution in [0.3, 0.4) is 0 Å². The lowest BCUT2D eigenvalue weighted by molar-refractivity contribution is 0.102. The summed E-state index contributed by atoms with van der Waals surface area (Å²) < 4.78 is 11.5. The molecule has 0 saturated heterocycles. The van der Waals surface area contributed by atoms with E-state index in [0.29, 0.717) is 35.1 Å². The standard InChI is InChI=1S/C24H26N2O3/c1-4-8-18-13-16-21(17(3)25-18)24(27)26-19-11-14-20(15-12-19)29-23-10-7-6-9-22(23)28-5-2/h6-7,9-16H,4-5,8H2,1-3H3,(H,26,27). The summed E-state index contributed by atoms with van der Waals surface area (Å²) in [6, 6.07) is 18.5. The molecule has 1 amide bonds. The summed E-state index contributed by atoms with van der Waals surface area (Å²) in [6.07, 6.45) is 1.94. The van der Waals surface area contributed by atoms with E-state index in [2.05, 4.69) is 17.2 Å². The lowest BCUT2D eigenvalue weighted by Crippen LogP contribution is -2.14. The smallest absolute Gasteiger partial charge is 0.257 e. The molecule has 1 N–H and O–H groups in total. The first-order chi connectivity index (χ1) is 14.1. The van der Waals surface area contributed by atoms with Crippen molar-refractivity contribution in [1.82, 2.24) is 4.98 Å². The summed E-state index contributed by atoms with van der Waals surface area (Å²) in [5, 5.41) is 2.91. The topological polar surface area (TPSA) is 60.5 Å². The molecule has 0 saturated carbocycles. The van der Waals surface area contributed by atoms with Gasteiger partial charge in [0.1, 0.15) is 5.75 Å². The molecular formula is C24H26N2O3. The predicted octanol–water partition coefficient (Wildman–Crippen LogP) is 5.79. The second-order valence-corrected chi connectivity index (χ2v) is 6.65. The molecule has 5 heteroatoms. The number of anilines is 1. The number of hydrogen-bond acceptors (Lipinski definition) is 4. The first kappa shape index (κ1) is 20.4. The number of para-hydroxylation sites is 2. The van der Waals surface area contributed by atoms with E-state index in [1.165, 1.54) is 0 Å². The highest BCUT2D eigenvalue weighted by molar-refractivity contribution is 6.05. The average molecular weight is 390 g/mol. The van der Waals surface area contributed by atoms with Gasteiger partial charge in [0.2, 0.25) is 0 Å². The van der Waals surface area contributed by atoms with Crippen molar-refractivity contribution in [3.63, 3.8) is 0 Å². The number of rotatable bonds is 8. The molecule has 0 aliphatic carbocycles. The van der Waals surface area contributed by atoms with E-state index in [4.69, 9.17) is 9.47 Å². The number of pyridine rings is 1. The molecular weight excluding hydrogens is 364 g/mol. The van der Waals surface area contributed by atoms with Gasteiger partial charge in [-0.25, -0.2) is 0 Å². The van der Waals surface area contributed by atoms with Crippen LogP contribution in [-0.4, -0.2) is 17.5 Å². The fraction of sp³-hybridized carbons (Fsp3) is 0.250. The maximum atomic E-state index is 12.6. The summed E-state index contributed by atoms with van der Waals surface area (Å²) in [4.78, 5) is 17.1. The van der Waals surface area contributed by atoms with E-state index >= 15 is 0 Å². The van der Waals surface area contributed by atoms with Crippen molar-refractivity contribution in [1.29, 1.82) is 0 Å². The van der Waals surface area contributed by atoms with E-state index in [0.717, 1.165) is 24.2 Å². The van der Waals surface area contributed by atoms with Gasteiger partial charge in [-0.05, 0) is 68.8 Å². The number of ether oxygens (including phenoxy) is 2. The molecule has 3 rings (SSSR count). The Bertz CT molecular complexity index is 968. The highest BCUT2D eigenvalue weighted by Gasteiger charge is 2.11. The average Bonchev–Trinajstić information content (AvgIpc) is 2.71. The van der Waals surface area contributed by atoms with Crippen LogP contribution in [0.4, 0.5) is 5.69 Å². The number of nitrogens with one attached hydrogen (secondary N) is 1. The Labute approximate surface area is 171 Å². The largest absolute Gasteiger partial charge is 0.490 e. The molecule has 0 aliphatic heterocycles. The Balaban J connectivity index is 1.67. The van der Waals surface area contributed by atoms with Gasteiger partial charge >= 0.3 is 0 Å². The van der Waals surface area contributed by atoms with Crippen molar-refractivity contribution >= 4 is 11.6 Å². The van der Waals surface area contributed by atoms with Crippen molar-refractivity contribution in [3.8, 4) is 17.2 Å². The fourth-order valence-electron chi connectivity index (χ4n) is 2.99. The number of aryl methyl sites for hydroxylation is 2. The maximum absolute atomic E-state index is 12.6. The summed E-state index contributed by atoms with van der Waals surface area (Å²) in [5.74, 6) is 1.84. The number of carbonyl (C=O) groups excluding carboxylic acids is 1.